The first kappa shape index (κ1) is 82.1. The largest absolute Gasteiger partial charge is 0.507 e. The van der Waals surface area contributed by atoms with Gasteiger partial charge in [0.15, 0.2) is 17.1 Å². The second kappa shape index (κ2) is 37.7. The van der Waals surface area contributed by atoms with E-state index in [1.807, 2.05) is 72.8 Å². The molecule has 2 aromatic heterocycles. The molecular weight excluding hydrogens is 1610 g/mol. The number of aromatic nitrogens is 2. The lowest BCUT2D eigenvalue weighted by Gasteiger charge is -2.11. The number of aromatic hydroxyl groups is 7. The monoisotopic (exact) mass is 1660 g/mol. The number of oxazole rings is 2. The third kappa shape index (κ3) is 21.9. The Balaban J connectivity index is 0.000000162. The van der Waals surface area contributed by atoms with Gasteiger partial charge in [-0.1, -0.05) is 119 Å². The van der Waals surface area contributed by atoms with Gasteiger partial charge in [0.1, 0.15) is 56.8 Å². The number of para-hydroxylation sites is 10. The van der Waals surface area contributed by atoms with Gasteiger partial charge in [-0.3, -0.25) is 19.2 Å². The number of nitrogens with two attached hydrogens (primary N) is 1. The first-order valence-corrected chi connectivity index (χ1v) is 38.9. The Hall–Kier alpha value is -11.9. The summed E-state index contributed by atoms with van der Waals surface area (Å²) in [5.41, 5.74) is 11.0. The maximum atomic E-state index is 12.6. The molecule has 2 heterocycles. The molecule has 0 saturated heterocycles. The molecule has 0 aliphatic heterocycles. The van der Waals surface area contributed by atoms with Crippen LogP contribution in [0.15, 0.2) is 251 Å². The van der Waals surface area contributed by atoms with E-state index >= 15 is 0 Å². The number of anilines is 3. The molecule has 0 fully saturated rings. The summed E-state index contributed by atoms with van der Waals surface area (Å²) in [5, 5.41) is 95.2. The van der Waals surface area contributed by atoms with E-state index in [9.17, 15) is 59.4 Å². The molecule has 0 radical (unpaired) electrons. The van der Waals surface area contributed by atoms with Gasteiger partial charge in [0.2, 0.25) is 21.0 Å². The van der Waals surface area contributed by atoms with E-state index in [1.165, 1.54) is 78.9 Å². The molecule has 0 atom stereocenters. The fourth-order valence-electron chi connectivity index (χ4n) is 10.4. The molecule has 13 aromatic carbocycles. The highest BCUT2D eigenvalue weighted by Crippen LogP contribution is 2.51. The van der Waals surface area contributed by atoms with E-state index in [2.05, 4.69) is 42.0 Å². The van der Waals surface area contributed by atoms with Crippen molar-refractivity contribution in [1.29, 1.82) is 0 Å². The van der Waals surface area contributed by atoms with E-state index in [4.69, 9.17) is 91.0 Å². The van der Waals surface area contributed by atoms with Crippen molar-refractivity contribution in [1.82, 2.24) is 9.97 Å². The summed E-state index contributed by atoms with van der Waals surface area (Å²) in [6.45, 7) is 0. The average Bonchev–Trinajstić information content (AvgIpc) is 1.41. The van der Waals surface area contributed by atoms with E-state index < -0.39 is 49.4 Å². The fourth-order valence-corrected chi connectivity index (χ4v) is 10.6. The first-order chi connectivity index (χ1) is 52.4. The number of aromatic carboxylic acids is 2. The van der Waals surface area contributed by atoms with Crippen LogP contribution in [0.25, 0.3) is 88.2 Å². The minimum absolute atomic E-state index is 0.00154. The van der Waals surface area contributed by atoms with Crippen molar-refractivity contribution >= 4 is 210 Å². The van der Waals surface area contributed by atoms with Crippen molar-refractivity contribution in [3.8, 4) is 63.2 Å². The van der Waals surface area contributed by atoms with Gasteiger partial charge in [-0.05, 0) is 224 Å². The van der Waals surface area contributed by atoms with Gasteiger partial charge >= 0.3 is 11.9 Å². The van der Waals surface area contributed by atoms with Crippen molar-refractivity contribution < 1.29 is 87.8 Å². The maximum Gasteiger partial charge on any atom is 0.339 e. The van der Waals surface area contributed by atoms with Crippen molar-refractivity contribution in [2.24, 2.45) is 0 Å². The Kier molecular flexibility index (Phi) is 28.2. The minimum atomic E-state index is -1.67. The van der Waals surface area contributed by atoms with E-state index in [0.717, 1.165) is 33.0 Å². The molecular formula is C78H53Cl7N5O18PS. The van der Waals surface area contributed by atoms with E-state index in [1.54, 1.807) is 91.0 Å². The lowest BCUT2D eigenvalue weighted by Crippen LogP contribution is -2.13. The molecule has 0 bridgehead atoms. The van der Waals surface area contributed by atoms with Crippen LogP contribution in [0.2, 0.25) is 0 Å². The molecule has 0 saturated carbocycles. The summed E-state index contributed by atoms with van der Waals surface area (Å²) in [7, 11) is 7.36. The summed E-state index contributed by atoms with van der Waals surface area (Å²) in [5.74, 6) is -4.28. The second-order valence-corrected chi connectivity index (χ2v) is 30.9. The highest BCUT2D eigenvalue weighted by Gasteiger charge is 2.20. The Morgan fingerprint density at radius 1 is 0.382 bits per heavy atom. The topological polar surface area (TPSA) is 404 Å². The molecule has 558 valence electrons. The Labute approximate surface area is 658 Å². The fraction of sp³-hybridized carbons (Fsp3) is 0. The van der Waals surface area contributed by atoms with Gasteiger partial charge in [0.25, 0.3) is 22.3 Å². The van der Waals surface area contributed by atoms with Crippen LogP contribution in [0.5, 0.6) is 40.2 Å². The Morgan fingerprint density at radius 2 is 0.773 bits per heavy atom. The van der Waals surface area contributed by atoms with Crippen LogP contribution in [0.4, 0.5) is 17.1 Å². The summed E-state index contributed by atoms with van der Waals surface area (Å²) >= 11 is 25.3. The summed E-state index contributed by atoms with van der Waals surface area (Å²) in [4.78, 5) is 77.9. The molecule has 0 aliphatic carbocycles. The summed E-state index contributed by atoms with van der Waals surface area (Å²) < 4.78 is 20.8. The molecule has 15 aromatic rings. The number of amides is 2. The maximum absolute atomic E-state index is 12.6. The van der Waals surface area contributed by atoms with E-state index in [-0.39, 0.29) is 73.9 Å². The molecule has 13 N–H and O–H groups in total. The first-order valence-electron chi connectivity index (χ1n) is 31.3. The Morgan fingerprint density at radius 3 is 1.25 bits per heavy atom. The molecule has 110 heavy (non-hydrogen) atoms. The number of hydrogen-bond acceptors (Lipinski definition) is 19. The van der Waals surface area contributed by atoms with Gasteiger partial charge in [-0.25, -0.2) is 23.8 Å². The highest BCUT2D eigenvalue weighted by molar-refractivity contribution is 8.26. The quantitative estimate of drug-likeness (QED) is 0.0262. The number of benzene rings is 13. The van der Waals surface area contributed by atoms with Gasteiger partial charge in [-0.2, -0.15) is 0 Å². The van der Waals surface area contributed by atoms with Gasteiger partial charge < -0.3 is 71.2 Å². The molecule has 0 unspecified atom stereocenters. The summed E-state index contributed by atoms with van der Waals surface area (Å²) in [6, 6.07) is 66.1. The molecule has 0 spiro atoms. The Bertz CT molecular complexity index is 5830. The highest BCUT2D eigenvalue weighted by atomic mass is 36.0. The van der Waals surface area contributed by atoms with Crippen LogP contribution in [-0.2, 0) is 9.23 Å². The standard InChI is InChI=1S/C24H18N2O5.C24H14N2O3.C12H6Cl2O3.C12H8O5.C6H7NO.Cl3P.Cl2OS/c27-20-7-3-1-5-18(20)25-23(30)15-10-9-14-13-22(29)17(12-16(14)11-15)24(31)26-19-6-2-4-8-21(19)28;27-20-13-14-9-10-15(23-25-18-5-1-3-7-21(18)28-23)11-16(14)12-17(20)24-26-19-6-2-4-8-22(19)29-24;13-11(16)7-2-1-6-5-10(15)9(12(14)17)4-8(6)3-7;13-10-5-6-1-2-7(11(14)15)3-8(6)4-9(10)12(16)17;7-5-3-1-2-4-6(5)8;2*1-4(2)3/h1-13,27-29H,(H,25,30)(H,26,31);1-13,27H;1-5,15H;1-5,13H,(H,14,15)(H,16,17);1-4,8H,7H2;;. The lowest BCUT2D eigenvalue weighted by molar-refractivity contribution is 0.0685. The van der Waals surface area contributed by atoms with Crippen LogP contribution < -0.4 is 16.4 Å². The van der Waals surface area contributed by atoms with Crippen molar-refractivity contribution in [3.05, 3.63) is 276 Å². The van der Waals surface area contributed by atoms with Gasteiger partial charge in [0.05, 0.1) is 39.3 Å². The number of nitrogen functional groups attached to an aromatic ring is 1. The number of carboxylic acid groups (broad SMARTS) is 2. The number of carbonyl (C=O) groups is 6. The zero-order valence-electron chi connectivity index (χ0n) is 55.8. The number of nitrogens with one attached hydrogen (secondary N) is 2. The zero-order valence-corrected chi connectivity index (χ0v) is 62.8. The van der Waals surface area contributed by atoms with Crippen LogP contribution in [0, 0.1) is 0 Å². The predicted molar refractivity (Wildman–Crippen MR) is 432 cm³/mol. The zero-order chi connectivity index (χ0) is 79.6. The number of fused-ring (bicyclic) bond motifs is 6. The number of nitrogens with zero attached hydrogens (tertiary/aromatic N) is 2. The number of carboxylic acids is 2. The van der Waals surface area contributed by atoms with Gasteiger partial charge in [0, 0.05) is 38.1 Å². The SMILES string of the molecule is ClP(Cl)Cl.Nc1ccccc1O.O=C(Cl)c1ccc2cc(O)c(C(=O)Cl)cc2c1.O=C(Nc1ccccc1O)c1ccc2cc(O)c(C(=O)Nc3ccccc3O)cc2c1.O=C(O)c1ccc2cc(O)c(C(=O)O)cc2c1.O=S(Cl)Cl.Oc1cc2ccc(-c3nc4ccccc4o3)cc2cc1-c1nc2ccccc2o1. The van der Waals surface area contributed by atoms with Crippen molar-refractivity contribution in [3.63, 3.8) is 0 Å². The number of phenols is 7. The third-order valence-electron chi connectivity index (χ3n) is 15.5. The molecule has 15 rings (SSSR count). The lowest BCUT2D eigenvalue weighted by atomic mass is 10.0. The van der Waals surface area contributed by atoms with Crippen LogP contribution in [-0.4, -0.2) is 94.4 Å². The number of halogens is 7. The number of hydrogen-bond donors (Lipinski definition) is 12. The smallest absolute Gasteiger partial charge is 0.339 e. The molecule has 0 aliphatic rings. The second-order valence-electron chi connectivity index (χ2n) is 22.7. The molecule has 32 heteroatoms. The normalized spacial score (nSPS) is 10.6. The number of phenolic OH excluding ortho intramolecular Hbond substituents is 6. The van der Waals surface area contributed by atoms with Gasteiger partial charge in [-0.15, -0.1) is 0 Å². The number of carbonyl (C=O) groups excluding carboxylic acids is 4. The van der Waals surface area contributed by atoms with E-state index in [0.29, 0.717) is 72.1 Å². The third-order valence-corrected chi connectivity index (χ3v) is 16.0. The minimum Gasteiger partial charge on any atom is -0.507 e. The average molecular weight is 1660 g/mol. The van der Waals surface area contributed by atoms with Crippen LogP contribution in [0.1, 0.15) is 62.1 Å². The van der Waals surface area contributed by atoms with Crippen LogP contribution in [0.3, 0.4) is 0 Å². The van der Waals surface area contributed by atoms with Crippen LogP contribution >= 0.6 is 84.3 Å². The summed E-state index contributed by atoms with van der Waals surface area (Å²) in [6.07, 6.45) is 0. The van der Waals surface area contributed by atoms with Crippen molar-refractivity contribution in [2.45, 2.75) is 0 Å². The molecule has 2 amide bonds. The predicted octanol–water partition coefficient (Wildman–Crippen LogP) is 20.8. The number of rotatable bonds is 10. The molecule has 23 nitrogen and oxygen atoms in total. The van der Waals surface area contributed by atoms with Crippen molar-refractivity contribution in [2.75, 3.05) is 16.4 Å².